The van der Waals surface area contributed by atoms with Gasteiger partial charge in [0.2, 0.25) is 0 Å². The second-order valence-electron chi connectivity index (χ2n) is 11.2. The van der Waals surface area contributed by atoms with E-state index in [1.165, 1.54) is 17.7 Å². The minimum Gasteiger partial charge on any atom is -0.363 e. The number of alkyl halides is 2. The van der Waals surface area contributed by atoms with E-state index in [2.05, 4.69) is 30.5 Å². The van der Waals surface area contributed by atoms with Gasteiger partial charge in [0.15, 0.2) is 0 Å². The highest BCUT2D eigenvalue weighted by molar-refractivity contribution is 5.78. The lowest BCUT2D eigenvalue weighted by Gasteiger charge is -2.33. The van der Waals surface area contributed by atoms with E-state index in [4.69, 9.17) is 0 Å². The molecule has 2 aliphatic rings. The summed E-state index contributed by atoms with van der Waals surface area (Å²) in [5.41, 5.74) is 2.69. The topological polar surface area (TPSA) is 83.0 Å². The van der Waals surface area contributed by atoms with Crippen LogP contribution in [0.4, 0.5) is 19.0 Å². The van der Waals surface area contributed by atoms with Crippen LogP contribution in [-0.2, 0) is 17.6 Å². The number of nitrogens with one attached hydrogen (secondary N) is 2. The number of rotatable bonds is 11. The van der Waals surface area contributed by atoms with Crippen molar-refractivity contribution in [2.24, 2.45) is 5.92 Å². The highest BCUT2D eigenvalue weighted by Gasteiger charge is 2.29. The zero-order valence-electron chi connectivity index (χ0n) is 23.5. The van der Waals surface area contributed by atoms with Gasteiger partial charge in [-0.1, -0.05) is 18.2 Å². The molecule has 1 aromatic carbocycles. The number of aromatic nitrogens is 3. The summed E-state index contributed by atoms with van der Waals surface area (Å²) in [4.78, 5) is 28.5. The molecule has 41 heavy (non-hydrogen) atoms. The van der Waals surface area contributed by atoms with Gasteiger partial charge in [0.05, 0.1) is 11.6 Å². The summed E-state index contributed by atoms with van der Waals surface area (Å²) in [6, 6.07) is 7.82. The predicted molar refractivity (Wildman–Crippen MR) is 151 cm³/mol. The summed E-state index contributed by atoms with van der Waals surface area (Å²) in [6.45, 7) is 6.99. The van der Waals surface area contributed by atoms with E-state index in [1.54, 1.807) is 13.8 Å². The average molecular weight is 567 g/mol. The van der Waals surface area contributed by atoms with Crippen LogP contribution < -0.4 is 10.6 Å². The fourth-order valence-corrected chi connectivity index (χ4v) is 5.96. The summed E-state index contributed by atoms with van der Waals surface area (Å²) < 4.78 is 41.2. The number of hydrogen-bond acceptors (Lipinski definition) is 7. The molecule has 10 heteroatoms. The average Bonchev–Trinajstić information content (AvgIpc) is 3.38. The van der Waals surface area contributed by atoms with Crippen molar-refractivity contribution in [3.8, 4) is 0 Å². The first kappa shape index (κ1) is 29.1. The van der Waals surface area contributed by atoms with Crippen molar-refractivity contribution in [1.29, 1.82) is 0 Å². The second-order valence-corrected chi connectivity index (χ2v) is 11.2. The lowest BCUT2D eigenvalue weighted by atomic mass is 9.97. The van der Waals surface area contributed by atoms with Crippen LogP contribution in [0.2, 0.25) is 0 Å². The maximum atomic E-state index is 14.8. The number of Topliss-reactive ketones (excluding diaryl/α,β-unsaturated/α-hetero) is 1. The zero-order chi connectivity index (χ0) is 28.9. The van der Waals surface area contributed by atoms with Gasteiger partial charge >= 0.3 is 0 Å². The molecule has 0 amide bonds. The van der Waals surface area contributed by atoms with E-state index in [0.29, 0.717) is 24.5 Å². The van der Waals surface area contributed by atoms with E-state index in [-0.39, 0.29) is 23.3 Å². The second kappa shape index (κ2) is 13.1. The lowest BCUT2D eigenvalue weighted by Crippen LogP contribution is -2.46. The van der Waals surface area contributed by atoms with Crippen LogP contribution in [0, 0.1) is 18.7 Å². The van der Waals surface area contributed by atoms with Crippen molar-refractivity contribution in [1.82, 2.24) is 25.2 Å². The summed E-state index contributed by atoms with van der Waals surface area (Å²) in [5.74, 6) is 0.852. The van der Waals surface area contributed by atoms with Gasteiger partial charge < -0.3 is 10.6 Å². The molecule has 7 nitrogen and oxygen atoms in total. The molecule has 1 aliphatic heterocycles. The molecule has 3 aromatic rings. The van der Waals surface area contributed by atoms with Crippen molar-refractivity contribution >= 4 is 11.6 Å². The van der Waals surface area contributed by atoms with Crippen LogP contribution in [0.25, 0.3) is 0 Å². The number of aryl methyl sites for hydroxylation is 1. The number of anilines is 1. The number of piperazine rings is 1. The molecule has 1 fully saturated rings. The van der Waals surface area contributed by atoms with Crippen LogP contribution in [-0.4, -0.2) is 51.8 Å². The summed E-state index contributed by atoms with van der Waals surface area (Å²) >= 11 is 0. The molecule has 0 radical (unpaired) electrons. The van der Waals surface area contributed by atoms with Crippen molar-refractivity contribution in [3.05, 3.63) is 82.3 Å². The third-order valence-corrected chi connectivity index (χ3v) is 8.20. The molecule has 0 spiro atoms. The molecule has 3 heterocycles. The largest absolute Gasteiger partial charge is 0.363 e. The standard InChI is InChI=1S/C31H37F3N6O/c1-19(24-4-3-5-25(29(24)32)30(33)34)37-31-26-16-21(17-27(26)38-20(2)39-31)6-7-23(41)10-14-40-15-13-36-28(18-40)22-8-11-35-12-9-22/h3-5,8-9,11-12,19,21,28,30,36H,6-7,10,13-18H2,1-2H3,(H,37,38,39)/t19-,21?,28?/m1/s1. The van der Waals surface area contributed by atoms with Crippen molar-refractivity contribution in [2.75, 3.05) is 31.5 Å². The van der Waals surface area contributed by atoms with E-state index in [1.807, 2.05) is 24.5 Å². The normalized spacial score (nSPS) is 19.8. The van der Waals surface area contributed by atoms with Gasteiger partial charge in [0.1, 0.15) is 23.2 Å². The number of ketones is 1. The lowest BCUT2D eigenvalue weighted by molar-refractivity contribution is -0.119. The monoisotopic (exact) mass is 566 g/mol. The van der Waals surface area contributed by atoms with Crippen LogP contribution in [0.3, 0.4) is 0 Å². The maximum Gasteiger partial charge on any atom is 0.266 e. The van der Waals surface area contributed by atoms with E-state index in [9.17, 15) is 18.0 Å². The molecule has 1 saturated heterocycles. The number of halogens is 3. The Balaban J connectivity index is 1.13. The summed E-state index contributed by atoms with van der Waals surface area (Å²) in [7, 11) is 0. The minimum atomic E-state index is -2.88. The SMILES string of the molecule is Cc1nc2c(c(N[C@H](C)c3cccc(C(F)F)c3F)n1)CC(CCC(=O)CCN1CCNC(c3ccncc3)C1)C2. The third-order valence-electron chi connectivity index (χ3n) is 8.20. The van der Waals surface area contributed by atoms with Gasteiger partial charge in [-0.25, -0.2) is 23.1 Å². The number of pyridine rings is 1. The number of hydrogen-bond donors (Lipinski definition) is 2. The molecule has 5 rings (SSSR count). The van der Waals surface area contributed by atoms with Crippen LogP contribution in [0.5, 0.6) is 0 Å². The Bertz CT molecular complexity index is 1360. The Morgan fingerprint density at radius 3 is 2.68 bits per heavy atom. The third kappa shape index (κ3) is 7.11. The Morgan fingerprint density at radius 1 is 1.12 bits per heavy atom. The van der Waals surface area contributed by atoms with E-state index < -0.39 is 23.8 Å². The molecule has 1 aliphatic carbocycles. The molecule has 2 unspecified atom stereocenters. The summed E-state index contributed by atoms with van der Waals surface area (Å²) in [5, 5.41) is 6.79. The van der Waals surface area contributed by atoms with Crippen LogP contribution in [0.15, 0.2) is 42.7 Å². The van der Waals surface area contributed by atoms with Gasteiger partial charge in [-0.15, -0.1) is 0 Å². The maximum absolute atomic E-state index is 14.8. The molecule has 0 bridgehead atoms. The Kier molecular flexibility index (Phi) is 9.29. The highest BCUT2D eigenvalue weighted by atomic mass is 19.3. The van der Waals surface area contributed by atoms with Crippen LogP contribution >= 0.6 is 0 Å². The Labute approximate surface area is 239 Å². The van der Waals surface area contributed by atoms with Gasteiger partial charge in [-0.05, 0) is 56.7 Å². The number of carbonyl (C=O) groups is 1. The number of carbonyl (C=O) groups excluding carboxylic acids is 1. The molecular formula is C31H37F3N6O. The summed E-state index contributed by atoms with van der Waals surface area (Å²) in [6.07, 6.45) is 4.06. The molecule has 218 valence electrons. The zero-order valence-corrected chi connectivity index (χ0v) is 23.5. The number of benzene rings is 1. The van der Waals surface area contributed by atoms with E-state index in [0.717, 1.165) is 62.8 Å². The number of nitrogens with zero attached hydrogens (tertiary/aromatic N) is 4. The quantitative estimate of drug-likeness (QED) is 0.316. The number of fused-ring (bicyclic) bond motifs is 1. The van der Waals surface area contributed by atoms with Crippen molar-refractivity contribution in [2.45, 2.75) is 64.5 Å². The first-order valence-corrected chi connectivity index (χ1v) is 14.3. The van der Waals surface area contributed by atoms with Gasteiger partial charge in [0, 0.05) is 74.3 Å². The Morgan fingerprint density at radius 2 is 1.90 bits per heavy atom. The van der Waals surface area contributed by atoms with Crippen molar-refractivity contribution < 1.29 is 18.0 Å². The predicted octanol–water partition coefficient (Wildman–Crippen LogP) is 5.53. The molecule has 2 aromatic heterocycles. The highest BCUT2D eigenvalue weighted by Crippen LogP contribution is 2.35. The fraction of sp³-hybridized carbons (Fsp3) is 0.484. The molecule has 0 saturated carbocycles. The van der Waals surface area contributed by atoms with E-state index >= 15 is 0 Å². The fourth-order valence-electron chi connectivity index (χ4n) is 5.96. The molecule has 2 N–H and O–H groups in total. The first-order valence-electron chi connectivity index (χ1n) is 14.3. The van der Waals surface area contributed by atoms with Gasteiger partial charge in [-0.2, -0.15) is 0 Å². The smallest absolute Gasteiger partial charge is 0.266 e. The first-order chi connectivity index (χ1) is 19.8. The molecular weight excluding hydrogens is 529 g/mol. The minimum absolute atomic E-state index is 0.171. The van der Waals surface area contributed by atoms with Crippen LogP contribution in [0.1, 0.15) is 78.5 Å². The van der Waals surface area contributed by atoms with Crippen molar-refractivity contribution in [3.63, 3.8) is 0 Å². The molecule has 3 atom stereocenters. The Hall–Kier alpha value is -3.37. The van der Waals surface area contributed by atoms with Gasteiger partial charge in [-0.3, -0.25) is 14.7 Å². The van der Waals surface area contributed by atoms with Gasteiger partial charge in [0.25, 0.3) is 6.43 Å².